The Hall–Kier alpha value is -0.750. The van der Waals surface area contributed by atoms with Crippen molar-refractivity contribution in [3.63, 3.8) is 0 Å². The maximum absolute atomic E-state index is 5.76. The predicted molar refractivity (Wildman–Crippen MR) is 65.0 cm³/mol. The van der Waals surface area contributed by atoms with Crippen molar-refractivity contribution in [3.8, 4) is 0 Å². The second kappa shape index (κ2) is 4.65. The molecule has 0 aliphatic rings. The Bertz CT molecular complexity index is 362. The Morgan fingerprint density at radius 3 is 2.29 bits per heavy atom. The minimum absolute atomic E-state index is 0.604. The van der Waals surface area contributed by atoms with Crippen LogP contribution in [0.5, 0.6) is 0 Å². The van der Waals surface area contributed by atoms with Crippen LogP contribution in [0.2, 0.25) is 0 Å². The van der Waals surface area contributed by atoms with Gasteiger partial charge in [-0.25, -0.2) is 0 Å². The van der Waals surface area contributed by atoms with Gasteiger partial charge in [-0.3, -0.25) is 0 Å². The van der Waals surface area contributed by atoms with Crippen LogP contribution in [-0.2, 0) is 0 Å². The zero-order valence-electron chi connectivity index (χ0n) is 9.32. The number of alkyl halides is 1. The third kappa shape index (κ3) is 2.62. The molecule has 0 N–H and O–H groups in total. The van der Waals surface area contributed by atoms with Crippen LogP contribution < -0.4 is 0 Å². The summed E-state index contributed by atoms with van der Waals surface area (Å²) in [6.45, 7) is 8.48. The molecular weight excluding hydrogens is 192 g/mol. The van der Waals surface area contributed by atoms with E-state index in [0.29, 0.717) is 5.88 Å². The highest BCUT2D eigenvalue weighted by atomic mass is 35.5. The molecule has 76 valence electrons. The van der Waals surface area contributed by atoms with E-state index in [4.69, 9.17) is 11.6 Å². The first-order valence-electron chi connectivity index (χ1n) is 4.85. The van der Waals surface area contributed by atoms with Crippen molar-refractivity contribution in [1.29, 1.82) is 0 Å². The van der Waals surface area contributed by atoms with E-state index in [2.05, 4.69) is 45.9 Å². The molecule has 0 nitrogen and oxygen atoms in total. The Morgan fingerprint density at radius 1 is 1.14 bits per heavy atom. The van der Waals surface area contributed by atoms with E-state index in [9.17, 15) is 0 Å². The van der Waals surface area contributed by atoms with E-state index in [1.807, 2.05) is 0 Å². The maximum Gasteiger partial charge on any atom is 0.0434 e. The van der Waals surface area contributed by atoms with Gasteiger partial charge in [0.15, 0.2) is 0 Å². The Labute approximate surface area is 91.6 Å². The Morgan fingerprint density at radius 2 is 1.71 bits per heavy atom. The molecule has 0 aliphatic heterocycles. The van der Waals surface area contributed by atoms with E-state index in [0.717, 1.165) is 0 Å². The number of benzene rings is 1. The largest absolute Gasteiger partial charge is 0.122 e. The summed E-state index contributed by atoms with van der Waals surface area (Å²) in [5.41, 5.74) is 6.49. The number of rotatable bonds is 2. The van der Waals surface area contributed by atoms with Crippen molar-refractivity contribution in [1.82, 2.24) is 0 Å². The highest BCUT2D eigenvalue weighted by Crippen LogP contribution is 2.18. The van der Waals surface area contributed by atoms with Crippen LogP contribution in [0.15, 0.2) is 17.7 Å². The molecular formula is C13H17Cl. The lowest BCUT2D eigenvalue weighted by atomic mass is 9.99. The van der Waals surface area contributed by atoms with Crippen molar-refractivity contribution < 1.29 is 0 Å². The van der Waals surface area contributed by atoms with Gasteiger partial charge in [0.05, 0.1) is 0 Å². The minimum atomic E-state index is 0.604. The van der Waals surface area contributed by atoms with Crippen molar-refractivity contribution in [2.75, 3.05) is 5.88 Å². The fourth-order valence-electron chi connectivity index (χ4n) is 1.44. The number of hydrogen-bond acceptors (Lipinski definition) is 0. The molecule has 0 saturated carbocycles. The van der Waals surface area contributed by atoms with Gasteiger partial charge < -0.3 is 0 Å². The molecule has 1 heteroatoms. The molecule has 0 fully saturated rings. The topological polar surface area (TPSA) is 0 Å². The van der Waals surface area contributed by atoms with Crippen LogP contribution in [0.25, 0.3) is 6.08 Å². The van der Waals surface area contributed by atoms with E-state index in [-0.39, 0.29) is 0 Å². The summed E-state index contributed by atoms with van der Waals surface area (Å²) < 4.78 is 0. The standard InChI is InChI=1S/C13H17Cl/c1-9(8-14)5-13-7-11(3)10(2)6-12(13)4/h5-7H,8H2,1-4H3. The summed E-state index contributed by atoms with van der Waals surface area (Å²) in [5, 5.41) is 0. The van der Waals surface area contributed by atoms with Crippen molar-refractivity contribution in [2.45, 2.75) is 27.7 Å². The molecule has 0 bridgehead atoms. The molecule has 0 unspecified atom stereocenters. The summed E-state index contributed by atoms with van der Waals surface area (Å²) in [6.07, 6.45) is 2.16. The van der Waals surface area contributed by atoms with Crippen molar-refractivity contribution >= 4 is 17.7 Å². The first kappa shape index (κ1) is 11.3. The van der Waals surface area contributed by atoms with Crippen LogP contribution in [0, 0.1) is 20.8 Å². The third-order valence-corrected chi connectivity index (χ3v) is 2.92. The summed E-state index contributed by atoms with van der Waals surface area (Å²) in [4.78, 5) is 0. The molecule has 0 saturated heterocycles. The van der Waals surface area contributed by atoms with E-state index >= 15 is 0 Å². The van der Waals surface area contributed by atoms with E-state index in [1.54, 1.807) is 0 Å². The van der Waals surface area contributed by atoms with E-state index < -0.39 is 0 Å². The monoisotopic (exact) mass is 208 g/mol. The van der Waals surface area contributed by atoms with Gasteiger partial charge in [0.2, 0.25) is 0 Å². The van der Waals surface area contributed by atoms with Crippen LogP contribution in [-0.4, -0.2) is 5.88 Å². The summed E-state index contributed by atoms with van der Waals surface area (Å²) in [6, 6.07) is 4.45. The summed E-state index contributed by atoms with van der Waals surface area (Å²) in [7, 11) is 0. The molecule has 0 amide bonds. The second-order valence-corrected chi connectivity index (χ2v) is 4.18. The molecule has 0 aliphatic carbocycles. The first-order valence-corrected chi connectivity index (χ1v) is 5.39. The lowest BCUT2D eigenvalue weighted by Crippen LogP contribution is -1.88. The average molecular weight is 209 g/mol. The van der Waals surface area contributed by atoms with Gasteiger partial charge in [0.1, 0.15) is 0 Å². The zero-order valence-corrected chi connectivity index (χ0v) is 10.1. The third-order valence-electron chi connectivity index (χ3n) is 2.50. The number of aryl methyl sites for hydroxylation is 3. The quantitative estimate of drug-likeness (QED) is 0.638. The molecule has 0 aromatic heterocycles. The van der Waals surface area contributed by atoms with Gasteiger partial charge in [-0.05, 0) is 49.9 Å². The van der Waals surface area contributed by atoms with Crippen molar-refractivity contribution in [3.05, 3.63) is 40.0 Å². The van der Waals surface area contributed by atoms with Gasteiger partial charge in [0.25, 0.3) is 0 Å². The van der Waals surface area contributed by atoms with Gasteiger partial charge in [-0.15, -0.1) is 11.6 Å². The normalized spacial score (nSPS) is 11.9. The SMILES string of the molecule is CC(=Cc1cc(C)c(C)cc1C)CCl. The van der Waals surface area contributed by atoms with E-state index in [1.165, 1.54) is 27.8 Å². The molecule has 1 aromatic rings. The second-order valence-electron chi connectivity index (χ2n) is 3.92. The number of allylic oxidation sites excluding steroid dienone is 1. The van der Waals surface area contributed by atoms with Crippen LogP contribution in [0.4, 0.5) is 0 Å². The smallest absolute Gasteiger partial charge is 0.0434 e. The van der Waals surface area contributed by atoms with Crippen LogP contribution >= 0.6 is 11.6 Å². The number of halogens is 1. The minimum Gasteiger partial charge on any atom is -0.122 e. The molecule has 1 aromatic carbocycles. The highest BCUT2D eigenvalue weighted by molar-refractivity contribution is 6.19. The number of hydrogen-bond donors (Lipinski definition) is 0. The van der Waals surface area contributed by atoms with Crippen molar-refractivity contribution in [2.24, 2.45) is 0 Å². The summed E-state index contributed by atoms with van der Waals surface area (Å²) in [5.74, 6) is 0.604. The molecule has 14 heavy (non-hydrogen) atoms. The van der Waals surface area contributed by atoms with Gasteiger partial charge in [-0.1, -0.05) is 23.8 Å². The molecule has 0 spiro atoms. The van der Waals surface area contributed by atoms with Crippen LogP contribution in [0.1, 0.15) is 29.2 Å². The lowest BCUT2D eigenvalue weighted by Gasteiger charge is -2.07. The predicted octanol–water partition coefficient (Wildman–Crippen LogP) is 4.25. The Kier molecular flexibility index (Phi) is 3.77. The van der Waals surface area contributed by atoms with Gasteiger partial charge in [-0.2, -0.15) is 0 Å². The Balaban J connectivity index is 3.16. The average Bonchev–Trinajstić information content (AvgIpc) is 2.14. The molecule has 1 rings (SSSR count). The molecule has 0 radical (unpaired) electrons. The zero-order chi connectivity index (χ0) is 10.7. The first-order chi connectivity index (χ1) is 6.54. The lowest BCUT2D eigenvalue weighted by molar-refractivity contribution is 1.28. The fraction of sp³-hybridized carbons (Fsp3) is 0.385. The molecule has 0 heterocycles. The van der Waals surface area contributed by atoms with Crippen LogP contribution in [0.3, 0.4) is 0 Å². The fourth-order valence-corrected chi connectivity index (χ4v) is 1.52. The van der Waals surface area contributed by atoms with Gasteiger partial charge >= 0.3 is 0 Å². The highest BCUT2D eigenvalue weighted by Gasteiger charge is 1.99. The maximum atomic E-state index is 5.76. The molecule has 0 atom stereocenters. The summed E-state index contributed by atoms with van der Waals surface area (Å²) >= 11 is 5.76. The van der Waals surface area contributed by atoms with Gasteiger partial charge in [0, 0.05) is 5.88 Å².